The van der Waals surface area contributed by atoms with Crippen LogP contribution in [0.15, 0.2) is 72.8 Å². The monoisotopic (exact) mass is 384 g/mol. The Morgan fingerprint density at radius 3 is 1.59 bits per heavy atom. The SMILES string of the molecule is CCc1ccc(CC2CCC(c3ccc(N)cc3)(c3ccc(N)cc3)CC2)cc1. The van der Waals surface area contributed by atoms with Gasteiger partial charge in [0.05, 0.1) is 0 Å². The van der Waals surface area contributed by atoms with E-state index in [1.807, 2.05) is 24.3 Å². The van der Waals surface area contributed by atoms with Crippen LogP contribution in [0.1, 0.15) is 54.9 Å². The standard InChI is InChI=1S/C27H32N2/c1-2-20-3-5-21(6-4-20)19-22-15-17-27(18-16-22,23-7-11-25(28)12-8-23)24-9-13-26(29)14-10-24/h3-14,22H,2,15-19,28-29H2,1H3. The molecule has 0 saturated heterocycles. The van der Waals surface area contributed by atoms with Crippen LogP contribution in [0, 0.1) is 5.92 Å². The van der Waals surface area contributed by atoms with Crippen LogP contribution < -0.4 is 11.5 Å². The molecule has 150 valence electrons. The number of aryl methyl sites for hydroxylation is 1. The first-order valence-corrected chi connectivity index (χ1v) is 10.9. The summed E-state index contributed by atoms with van der Waals surface area (Å²) in [6, 6.07) is 26.2. The summed E-state index contributed by atoms with van der Waals surface area (Å²) in [6.45, 7) is 2.21. The van der Waals surface area contributed by atoms with Crippen molar-refractivity contribution in [2.24, 2.45) is 5.92 Å². The van der Waals surface area contributed by atoms with Crippen LogP contribution in [-0.4, -0.2) is 0 Å². The number of benzene rings is 3. The molecule has 0 atom stereocenters. The van der Waals surface area contributed by atoms with Crippen LogP contribution in [0.4, 0.5) is 11.4 Å². The van der Waals surface area contributed by atoms with Crippen molar-refractivity contribution >= 4 is 11.4 Å². The molecule has 3 aromatic carbocycles. The highest BCUT2D eigenvalue weighted by molar-refractivity contribution is 5.49. The maximum Gasteiger partial charge on any atom is 0.0314 e. The maximum absolute atomic E-state index is 5.97. The number of hydrogen-bond acceptors (Lipinski definition) is 2. The molecule has 0 radical (unpaired) electrons. The van der Waals surface area contributed by atoms with E-state index in [9.17, 15) is 0 Å². The van der Waals surface area contributed by atoms with E-state index in [-0.39, 0.29) is 5.41 Å². The molecule has 29 heavy (non-hydrogen) atoms. The van der Waals surface area contributed by atoms with E-state index >= 15 is 0 Å². The number of nitrogens with two attached hydrogens (primary N) is 2. The van der Waals surface area contributed by atoms with E-state index < -0.39 is 0 Å². The Labute approximate surface area is 175 Å². The van der Waals surface area contributed by atoms with E-state index in [4.69, 9.17) is 11.5 Å². The minimum absolute atomic E-state index is 0.0595. The van der Waals surface area contributed by atoms with Gasteiger partial charge in [0.1, 0.15) is 0 Å². The quantitative estimate of drug-likeness (QED) is 0.520. The van der Waals surface area contributed by atoms with Gasteiger partial charge in [-0.1, -0.05) is 55.5 Å². The first-order chi connectivity index (χ1) is 14.1. The van der Waals surface area contributed by atoms with Crippen molar-refractivity contribution < 1.29 is 0 Å². The summed E-state index contributed by atoms with van der Waals surface area (Å²) in [5.41, 5.74) is 19.3. The lowest BCUT2D eigenvalue weighted by atomic mass is 9.62. The number of anilines is 2. The Morgan fingerprint density at radius 2 is 1.14 bits per heavy atom. The fraction of sp³-hybridized carbons (Fsp3) is 0.333. The lowest BCUT2D eigenvalue weighted by Gasteiger charge is -2.41. The topological polar surface area (TPSA) is 52.0 Å². The molecule has 0 bridgehead atoms. The molecule has 1 aliphatic carbocycles. The molecule has 0 unspecified atom stereocenters. The molecule has 1 saturated carbocycles. The molecule has 4 rings (SSSR count). The fourth-order valence-corrected chi connectivity index (χ4v) is 4.97. The van der Waals surface area contributed by atoms with E-state index in [2.05, 4.69) is 55.5 Å². The van der Waals surface area contributed by atoms with Crippen LogP contribution in [0.2, 0.25) is 0 Å². The zero-order chi connectivity index (χ0) is 20.3. The highest BCUT2D eigenvalue weighted by Gasteiger charge is 2.38. The minimum Gasteiger partial charge on any atom is -0.399 e. The fourth-order valence-electron chi connectivity index (χ4n) is 4.97. The molecule has 0 amide bonds. The second-order valence-corrected chi connectivity index (χ2v) is 8.64. The van der Waals surface area contributed by atoms with Crippen molar-refractivity contribution in [3.63, 3.8) is 0 Å². The van der Waals surface area contributed by atoms with Gasteiger partial charge in [-0.2, -0.15) is 0 Å². The molecule has 0 heterocycles. The predicted octanol–water partition coefficient (Wildman–Crippen LogP) is 6.13. The average Bonchev–Trinajstić information content (AvgIpc) is 2.76. The molecule has 2 nitrogen and oxygen atoms in total. The summed E-state index contributed by atoms with van der Waals surface area (Å²) >= 11 is 0. The molecular weight excluding hydrogens is 352 g/mol. The van der Waals surface area contributed by atoms with Crippen molar-refractivity contribution in [1.29, 1.82) is 0 Å². The van der Waals surface area contributed by atoms with Crippen molar-refractivity contribution in [2.75, 3.05) is 11.5 Å². The summed E-state index contributed by atoms with van der Waals surface area (Å²) in [7, 11) is 0. The second-order valence-electron chi connectivity index (χ2n) is 8.64. The number of hydrogen-bond donors (Lipinski definition) is 2. The molecule has 4 N–H and O–H groups in total. The van der Waals surface area contributed by atoms with E-state index in [0.29, 0.717) is 0 Å². The molecular formula is C27H32N2. The molecule has 2 heteroatoms. The van der Waals surface area contributed by atoms with Gasteiger partial charge in [-0.3, -0.25) is 0 Å². The van der Waals surface area contributed by atoms with Gasteiger partial charge in [0, 0.05) is 16.8 Å². The van der Waals surface area contributed by atoms with Gasteiger partial charge in [-0.05, 0) is 91.0 Å². The molecule has 0 aromatic heterocycles. The second kappa shape index (κ2) is 8.32. The lowest BCUT2D eigenvalue weighted by molar-refractivity contribution is 0.264. The number of rotatable bonds is 5. The van der Waals surface area contributed by atoms with Crippen LogP contribution >= 0.6 is 0 Å². The molecule has 1 aliphatic rings. The summed E-state index contributed by atoms with van der Waals surface area (Å²) in [5.74, 6) is 0.748. The molecule has 3 aromatic rings. The first-order valence-electron chi connectivity index (χ1n) is 10.9. The Bertz CT molecular complexity index is 868. The number of nitrogen functional groups attached to an aromatic ring is 2. The smallest absolute Gasteiger partial charge is 0.0314 e. The van der Waals surface area contributed by atoms with Crippen molar-refractivity contribution in [2.45, 2.75) is 50.9 Å². The van der Waals surface area contributed by atoms with Gasteiger partial charge < -0.3 is 11.5 Å². The van der Waals surface area contributed by atoms with E-state index in [1.165, 1.54) is 54.4 Å². The van der Waals surface area contributed by atoms with Crippen LogP contribution in [0.25, 0.3) is 0 Å². The van der Waals surface area contributed by atoms with Crippen LogP contribution in [0.3, 0.4) is 0 Å². The Balaban J connectivity index is 1.56. The highest BCUT2D eigenvalue weighted by Crippen LogP contribution is 2.47. The third-order valence-electron chi connectivity index (χ3n) is 6.84. The van der Waals surface area contributed by atoms with Gasteiger partial charge in [-0.15, -0.1) is 0 Å². The van der Waals surface area contributed by atoms with Crippen molar-refractivity contribution in [3.8, 4) is 0 Å². The summed E-state index contributed by atoms with van der Waals surface area (Å²) in [4.78, 5) is 0. The van der Waals surface area contributed by atoms with Crippen molar-refractivity contribution in [3.05, 3.63) is 95.1 Å². The Morgan fingerprint density at radius 1 is 0.690 bits per heavy atom. The normalized spacial score (nSPS) is 16.6. The lowest BCUT2D eigenvalue weighted by Crippen LogP contribution is -2.33. The largest absolute Gasteiger partial charge is 0.399 e. The third kappa shape index (κ3) is 4.17. The average molecular weight is 385 g/mol. The zero-order valence-corrected chi connectivity index (χ0v) is 17.4. The molecule has 1 fully saturated rings. The van der Waals surface area contributed by atoms with Gasteiger partial charge in [0.15, 0.2) is 0 Å². The van der Waals surface area contributed by atoms with E-state index in [0.717, 1.165) is 23.7 Å². The van der Waals surface area contributed by atoms with Gasteiger partial charge >= 0.3 is 0 Å². The zero-order valence-electron chi connectivity index (χ0n) is 17.4. The third-order valence-corrected chi connectivity index (χ3v) is 6.84. The summed E-state index contributed by atoms with van der Waals surface area (Å²) in [6.07, 6.45) is 7.10. The minimum atomic E-state index is 0.0595. The summed E-state index contributed by atoms with van der Waals surface area (Å²) < 4.78 is 0. The van der Waals surface area contributed by atoms with Crippen molar-refractivity contribution in [1.82, 2.24) is 0 Å². The van der Waals surface area contributed by atoms with Crippen LogP contribution in [-0.2, 0) is 18.3 Å². The Kier molecular flexibility index (Phi) is 5.62. The first kappa shape index (κ1) is 19.6. The van der Waals surface area contributed by atoms with Gasteiger partial charge in [-0.25, -0.2) is 0 Å². The predicted molar refractivity (Wildman–Crippen MR) is 124 cm³/mol. The maximum atomic E-state index is 5.97. The van der Waals surface area contributed by atoms with Crippen LogP contribution in [0.5, 0.6) is 0 Å². The summed E-state index contributed by atoms with van der Waals surface area (Å²) in [5, 5.41) is 0. The van der Waals surface area contributed by atoms with Gasteiger partial charge in [0.25, 0.3) is 0 Å². The van der Waals surface area contributed by atoms with E-state index in [1.54, 1.807) is 0 Å². The highest BCUT2D eigenvalue weighted by atomic mass is 14.5. The molecule has 0 aliphatic heterocycles. The Hall–Kier alpha value is -2.74. The van der Waals surface area contributed by atoms with Gasteiger partial charge in [0.2, 0.25) is 0 Å². The molecule has 0 spiro atoms.